The van der Waals surface area contributed by atoms with Crippen LogP contribution in [0, 0.1) is 11.7 Å². The molecule has 0 bridgehead atoms. The third-order valence-corrected chi connectivity index (χ3v) is 5.93. The molecule has 1 aromatic rings. The van der Waals surface area contributed by atoms with Crippen molar-refractivity contribution < 1.29 is 18.7 Å². The number of carbonyl (C=O) groups excluding carboxylic acids is 2. The van der Waals surface area contributed by atoms with Gasteiger partial charge in [-0.25, -0.2) is 4.39 Å². The minimum atomic E-state index is -0.741. The maximum absolute atomic E-state index is 13.3. The third-order valence-electron chi connectivity index (χ3n) is 5.93. The predicted octanol–water partition coefficient (Wildman–Crippen LogP) is 3.49. The molecule has 1 saturated heterocycles. The molecule has 1 aromatic carbocycles. The molecule has 1 N–H and O–H groups in total. The number of hydrogen-bond donors (Lipinski definition) is 1. The summed E-state index contributed by atoms with van der Waals surface area (Å²) in [6.07, 6.45) is 4.15. The Labute approximate surface area is 160 Å². The number of halogens is 1. The van der Waals surface area contributed by atoms with Crippen LogP contribution in [0.2, 0.25) is 0 Å². The largest absolute Gasteiger partial charge is 0.353 e. The lowest BCUT2D eigenvalue weighted by Crippen LogP contribution is -2.57. The number of nitrogens with one attached hydrogen (secondary N) is 1. The Morgan fingerprint density at radius 2 is 1.93 bits per heavy atom. The lowest BCUT2D eigenvalue weighted by atomic mass is 9.83. The molecule has 0 radical (unpaired) electrons. The predicted molar refractivity (Wildman–Crippen MR) is 101 cm³/mol. The van der Waals surface area contributed by atoms with Crippen molar-refractivity contribution in [2.75, 3.05) is 6.61 Å². The molecule has 3 rings (SSSR count). The van der Waals surface area contributed by atoms with Crippen molar-refractivity contribution in [1.29, 1.82) is 0 Å². The van der Waals surface area contributed by atoms with E-state index in [1.807, 2.05) is 13.8 Å². The Morgan fingerprint density at radius 3 is 2.52 bits per heavy atom. The van der Waals surface area contributed by atoms with Gasteiger partial charge in [0.15, 0.2) is 0 Å². The first-order valence-corrected chi connectivity index (χ1v) is 9.90. The summed E-state index contributed by atoms with van der Waals surface area (Å²) in [6.45, 7) is 6.34. The highest BCUT2D eigenvalue weighted by molar-refractivity contribution is 5.98. The lowest BCUT2D eigenvalue weighted by Gasteiger charge is -2.43. The van der Waals surface area contributed by atoms with E-state index in [0.29, 0.717) is 24.3 Å². The summed E-state index contributed by atoms with van der Waals surface area (Å²) in [5.74, 6) is -0.270. The van der Waals surface area contributed by atoms with Crippen LogP contribution in [0.25, 0.3) is 0 Å². The Hall–Kier alpha value is -1.95. The summed E-state index contributed by atoms with van der Waals surface area (Å²) >= 11 is 0. The van der Waals surface area contributed by atoms with Gasteiger partial charge in [-0.1, -0.05) is 13.8 Å². The van der Waals surface area contributed by atoms with E-state index in [9.17, 15) is 14.0 Å². The Kier molecular flexibility index (Phi) is 5.84. The maximum Gasteiger partial charge on any atom is 0.256 e. The molecular formula is C21H29FN2O3. The molecule has 2 amide bonds. The van der Waals surface area contributed by atoms with Gasteiger partial charge in [0.2, 0.25) is 5.91 Å². The smallest absolute Gasteiger partial charge is 0.256 e. The second kappa shape index (κ2) is 7.97. The van der Waals surface area contributed by atoms with E-state index in [2.05, 4.69) is 12.2 Å². The van der Waals surface area contributed by atoms with Gasteiger partial charge in [0, 0.05) is 11.6 Å². The number of ether oxygens (including phenoxy) is 1. The average molecular weight is 376 g/mol. The van der Waals surface area contributed by atoms with Crippen molar-refractivity contribution in [1.82, 2.24) is 10.2 Å². The van der Waals surface area contributed by atoms with Crippen LogP contribution < -0.4 is 5.32 Å². The molecular weight excluding hydrogens is 347 g/mol. The van der Waals surface area contributed by atoms with Crippen LogP contribution in [-0.4, -0.2) is 41.1 Å². The molecule has 1 heterocycles. The molecule has 0 unspecified atom stereocenters. The Balaban J connectivity index is 1.90. The minimum Gasteiger partial charge on any atom is -0.353 e. The van der Waals surface area contributed by atoms with E-state index in [4.69, 9.17) is 4.74 Å². The third kappa shape index (κ3) is 4.00. The summed E-state index contributed by atoms with van der Waals surface area (Å²) in [7, 11) is 0. The molecule has 27 heavy (non-hydrogen) atoms. The van der Waals surface area contributed by atoms with Crippen molar-refractivity contribution in [2.45, 2.75) is 70.7 Å². The van der Waals surface area contributed by atoms with Crippen LogP contribution in [0.3, 0.4) is 0 Å². The fourth-order valence-corrected chi connectivity index (χ4v) is 3.95. The highest BCUT2D eigenvalue weighted by Crippen LogP contribution is 2.43. The molecule has 5 nitrogen and oxygen atoms in total. The highest BCUT2D eigenvalue weighted by atomic mass is 19.1. The van der Waals surface area contributed by atoms with Crippen LogP contribution in [-0.2, 0) is 9.53 Å². The maximum atomic E-state index is 13.3. The van der Waals surface area contributed by atoms with E-state index in [-0.39, 0.29) is 24.5 Å². The van der Waals surface area contributed by atoms with Crippen molar-refractivity contribution in [2.24, 2.45) is 5.92 Å². The summed E-state index contributed by atoms with van der Waals surface area (Å²) < 4.78 is 19.4. The first-order valence-electron chi connectivity index (χ1n) is 9.90. The van der Waals surface area contributed by atoms with Gasteiger partial charge in [0.05, 0.1) is 6.61 Å². The molecule has 1 spiro atoms. The molecule has 2 atom stereocenters. The van der Waals surface area contributed by atoms with E-state index < -0.39 is 17.6 Å². The number of amides is 2. The number of rotatable bonds is 4. The fourth-order valence-electron chi connectivity index (χ4n) is 3.95. The first-order chi connectivity index (χ1) is 12.9. The summed E-state index contributed by atoms with van der Waals surface area (Å²) in [4.78, 5) is 27.8. The van der Waals surface area contributed by atoms with Crippen molar-refractivity contribution >= 4 is 11.8 Å². The van der Waals surface area contributed by atoms with Gasteiger partial charge >= 0.3 is 0 Å². The van der Waals surface area contributed by atoms with Gasteiger partial charge in [-0.15, -0.1) is 0 Å². The second-order valence-corrected chi connectivity index (χ2v) is 7.96. The van der Waals surface area contributed by atoms with Gasteiger partial charge in [-0.2, -0.15) is 0 Å². The van der Waals surface area contributed by atoms with Crippen LogP contribution >= 0.6 is 0 Å². The summed E-state index contributed by atoms with van der Waals surface area (Å²) in [5, 5.41) is 2.97. The normalized spacial score (nSPS) is 29.0. The van der Waals surface area contributed by atoms with Crippen LogP contribution in [0.15, 0.2) is 24.3 Å². The molecule has 6 heteroatoms. The molecule has 2 aliphatic rings. The zero-order valence-corrected chi connectivity index (χ0v) is 16.3. The van der Waals surface area contributed by atoms with E-state index in [1.54, 1.807) is 4.90 Å². The Bertz CT molecular complexity index is 683. The standard InChI is InChI=1S/C21H29FN2O3/c1-4-15(3)23-19(25)18-13-27-21(11-9-14(2)10-12-21)24(18)20(26)16-5-7-17(22)8-6-16/h5-8,14-15,18H,4,9-13H2,1-3H3,(H,23,25)/t14?,15-,18+,21?/m0/s1. The SMILES string of the molecule is CC[C@H](C)NC(=O)[C@H]1COC2(CCC(C)CC2)N1C(=O)c1ccc(F)cc1. The van der Waals surface area contributed by atoms with Gasteiger partial charge in [0.1, 0.15) is 17.6 Å². The number of benzene rings is 1. The first kappa shape index (κ1) is 19.8. The van der Waals surface area contributed by atoms with Gasteiger partial charge in [0.25, 0.3) is 5.91 Å². The van der Waals surface area contributed by atoms with Crippen molar-refractivity contribution in [3.63, 3.8) is 0 Å². The lowest BCUT2D eigenvalue weighted by molar-refractivity contribution is -0.128. The molecule has 1 aliphatic carbocycles. The molecule has 2 fully saturated rings. The number of nitrogens with zero attached hydrogens (tertiary/aromatic N) is 1. The second-order valence-electron chi connectivity index (χ2n) is 7.96. The zero-order valence-electron chi connectivity index (χ0n) is 16.3. The molecule has 0 aromatic heterocycles. The highest BCUT2D eigenvalue weighted by Gasteiger charge is 2.53. The summed E-state index contributed by atoms with van der Waals surface area (Å²) in [5.41, 5.74) is -0.364. The van der Waals surface area contributed by atoms with Gasteiger partial charge in [-0.05, 0) is 69.2 Å². The quantitative estimate of drug-likeness (QED) is 0.875. The fraction of sp³-hybridized carbons (Fsp3) is 0.619. The number of carbonyl (C=O) groups is 2. The van der Waals surface area contributed by atoms with Crippen LogP contribution in [0.4, 0.5) is 4.39 Å². The van der Waals surface area contributed by atoms with E-state index >= 15 is 0 Å². The molecule has 148 valence electrons. The monoisotopic (exact) mass is 376 g/mol. The zero-order chi connectivity index (χ0) is 19.6. The van der Waals surface area contributed by atoms with E-state index in [1.165, 1.54) is 24.3 Å². The van der Waals surface area contributed by atoms with E-state index in [0.717, 1.165) is 19.3 Å². The average Bonchev–Trinajstić information content (AvgIpc) is 3.03. The van der Waals surface area contributed by atoms with Gasteiger partial charge in [-0.3, -0.25) is 14.5 Å². The Morgan fingerprint density at radius 1 is 1.30 bits per heavy atom. The van der Waals surface area contributed by atoms with Crippen LogP contribution in [0.1, 0.15) is 63.2 Å². The minimum absolute atomic E-state index is 0.0307. The van der Waals surface area contributed by atoms with Crippen LogP contribution in [0.5, 0.6) is 0 Å². The van der Waals surface area contributed by atoms with Crippen molar-refractivity contribution in [3.8, 4) is 0 Å². The molecule has 1 saturated carbocycles. The summed E-state index contributed by atoms with van der Waals surface area (Å²) in [6, 6.07) is 4.85. The number of hydrogen-bond acceptors (Lipinski definition) is 3. The van der Waals surface area contributed by atoms with Gasteiger partial charge < -0.3 is 10.1 Å². The topological polar surface area (TPSA) is 58.6 Å². The van der Waals surface area contributed by atoms with Crippen molar-refractivity contribution in [3.05, 3.63) is 35.6 Å². The molecule has 1 aliphatic heterocycles.